The zero-order valence-electron chi connectivity index (χ0n) is 13.7. The topological polar surface area (TPSA) is 92.3 Å². The predicted octanol–water partition coefficient (Wildman–Crippen LogP) is 2.58. The lowest BCUT2D eigenvalue weighted by molar-refractivity contribution is 0.101. The lowest BCUT2D eigenvalue weighted by Crippen LogP contribution is -2.26. The van der Waals surface area contributed by atoms with Gasteiger partial charge >= 0.3 is 0 Å². The summed E-state index contributed by atoms with van der Waals surface area (Å²) in [6.07, 6.45) is 1.67. The van der Waals surface area contributed by atoms with E-state index in [4.69, 9.17) is 0 Å². The fourth-order valence-electron chi connectivity index (χ4n) is 2.39. The van der Waals surface area contributed by atoms with Crippen LogP contribution in [0.25, 0.3) is 0 Å². The summed E-state index contributed by atoms with van der Waals surface area (Å²) in [5.41, 5.74) is 0.997. The van der Waals surface area contributed by atoms with Crippen molar-refractivity contribution in [2.45, 2.75) is 30.7 Å². The normalized spacial score (nSPS) is 14.1. The average Bonchev–Trinajstić information content (AvgIpc) is 3.38. The summed E-state index contributed by atoms with van der Waals surface area (Å²) >= 11 is 0. The number of carbonyl (C=O) groups is 2. The minimum Gasteiger partial charge on any atom is -0.321 e. The molecule has 1 aliphatic rings. The van der Waals surface area contributed by atoms with Crippen LogP contribution in [-0.4, -0.2) is 26.2 Å². The highest BCUT2D eigenvalue weighted by Crippen LogP contribution is 2.23. The SMILES string of the molecule is CC(=O)c1ccccc1NC(=O)c1cccc(S(=O)(=O)NC2CC2)c1. The van der Waals surface area contributed by atoms with Crippen molar-refractivity contribution < 1.29 is 18.0 Å². The van der Waals surface area contributed by atoms with Gasteiger partial charge in [0.05, 0.1) is 10.6 Å². The Morgan fingerprint density at radius 3 is 2.44 bits per heavy atom. The van der Waals surface area contributed by atoms with Crippen molar-refractivity contribution in [3.63, 3.8) is 0 Å². The molecule has 130 valence electrons. The summed E-state index contributed by atoms with van der Waals surface area (Å²) < 4.78 is 27.1. The molecular weight excluding hydrogens is 340 g/mol. The van der Waals surface area contributed by atoms with Gasteiger partial charge in [-0.1, -0.05) is 18.2 Å². The molecule has 0 aromatic heterocycles. The number of rotatable bonds is 6. The molecule has 0 bridgehead atoms. The number of para-hydroxylation sites is 1. The number of carbonyl (C=O) groups excluding carboxylic acids is 2. The Bertz CT molecular complexity index is 934. The Labute approximate surface area is 146 Å². The molecule has 1 aliphatic carbocycles. The van der Waals surface area contributed by atoms with Gasteiger partial charge in [0.25, 0.3) is 5.91 Å². The van der Waals surface area contributed by atoms with Crippen LogP contribution in [0.4, 0.5) is 5.69 Å². The quantitative estimate of drug-likeness (QED) is 0.776. The molecule has 0 heterocycles. The summed E-state index contributed by atoms with van der Waals surface area (Å²) in [6, 6.07) is 12.5. The summed E-state index contributed by atoms with van der Waals surface area (Å²) in [5, 5.41) is 2.66. The van der Waals surface area contributed by atoms with E-state index in [0.29, 0.717) is 11.3 Å². The minimum absolute atomic E-state index is 0.00933. The maximum Gasteiger partial charge on any atom is 0.255 e. The first-order valence-electron chi connectivity index (χ1n) is 7.90. The molecule has 2 N–H and O–H groups in total. The monoisotopic (exact) mass is 358 g/mol. The van der Waals surface area contributed by atoms with Gasteiger partial charge in [0, 0.05) is 17.2 Å². The second-order valence-electron chi connectivity index (χ2n) is 5.98. The van der Waals surface area contributed by atoms with E-state index in [1.165, 1.54) is 31.2 Å². The van der Waals surface area contributed by atoms with Crippen molar-refractivity contribution in [3.05, 3.63) is 59.7 Å². The third-order valence-corrected chi connectivity index (χ3v) is 5.38. The summed E-state index contributed by atoms with van der Waals surface area (Å²) in [4.78, 5) is 24.2. The smallest absolute Gasteiger partial charge is 0.255 e. The van der Waals surface area contributed by atoms with Crippen LogP contribution in [0.1, 0.15) is 40.5 Å². The van der Waals surface area contributed by atoms with Gasteiger partial charge in [-0.3, -0.25) is 9.59 Å². The van der Waals surface area contributed by atoms with Crippen molar-refractivity contribution in [2.24, 2.45) is 0 Å². The number of hydrogen-bond acceptors (Lipinski definition) is 4. The van der Waals surface area contributed by atoms with Gasteiger partial charge in [-0.15, -0.1) is 0 Å². The molecule has 1 saturated carbocycles. The second-order valence-corrected chi connectivity index (χ2v) is 7.69. The fourth-order valence-corrected chi connectivity index (χ4v) is 3.74. The lowest BCUT2D eigenvalue weighted by atomic mass is 10.1. The van der Waals surface area contributed by atoms with Gasteiger partial charge < -0.3 is 5.32 Å². The molecule has 0 aliphatic heterocycles. The van der Waals surface area contributed by atoms with Gasteiger partial charge in [0.2, 0.25) is 10.0 Å². The Kier molecular flexibility index (Phi) is 4.69. The number of Topliss-reactive ketones (excluding diaryl/α,β-unsaturated/α-hetero) is 1. The largest absolute Gasteiger partial charge is 0.321 e. The van der Waals surface area contributed by atoms with E-state index in [9.17, 15) is 18.0 Å². The third kappa shape index (κ3) is 4.12. The second kappa shape index (κ2) is 6.78. The van der Waals surface area contributed by atoms with Gasteiger partial charge in [-0.2, -0.15) is 0 Å². The van der Waals surface area contributed by atoms with Gasteiger partial charge in [-0.05, 0) is 50.1 Å². The third-order valence-electron chi connectivity index (χ3n) is 3.86. The molecule has 0 atom stereocenters. The van der Waals surface area contributed by atoms with Crippen molar-refractivity contribution in [2.75, 3.05) is 5.32 Å². The zero-order chi connectivity index (χ0) is 18.0. The van der Waals surface area contributed by atoms with E-state index in [-0.39, 0.29) is 22.3 Å². The zero-order valence-corrected chi connectivity index (χ0v) is 14.5. The maximum absolute atomic E-state index is 12.5. The van der Waals surface area contributed by atoms with Gasteiger partial charge in [0.15, 0.2) is 5.78 Å². The highest BCUT2D eigenvalue weighted by atomic mass is 32.2. The van der Waals surface area contributed by atoms with Crippen LogP contribution in [0.15, 0.2) is 53.4 Å². The van der Waals surface area contributed by atoms with Gasteiger partial charge in [-0.25, -0.2) is 13.1 Å². The number of hydrogen-bond donors (Lipinski definition) is 2. The van der Waals surface area contributed by atoms with Crippen LogP contribution < -0.4 is 10.0 Å². The Hall–Kier alpha value is -2.51. The molecule has 2 aromatic rings. The first-order valence-corrected chi connectivity index (χ1v) is 9.39. The van der Waals surface area contributed by atoms with E-state index in [1.54, 1.807) is 24.3 Å². The number of ketones is 1. The molecule has 6 nitrogen and oxygen atoms in total. The van der Waals surface area contributed by atoms with Crippen LogP contribution >= 0.6 is 0 Å². The van der Waals surface area contributed by atoms with Crippen molar-refractivity contribution in [3.8, 4) is 0 Å². The first kappa shape index (κ1) is 17.3. The Morgan fingerprint density at radius 2 is 1.76 bits per heavy atom. The molecule has 0 radical (unpaired) electrons. The molecule has 3 rings (SSSR count). The number of amides is 1. The van der Waals surface area contributed by atoms with E-state index in [1.807, 2.05) is 0 Å². The maximum atomic E-state index is 12.5. The van der Waals surface area contributed by atoms with Crippen LogP contribution in [0.3, 0.4) is 0 Å². The molecule has 2 aromatic carbocycles. The van der Waals surface area contributed by atoms with Crippen LogP contribution in [-0.2, 0) is 10.0 Å². The minimum atomic E-state index is -3.63. The summed E-state index contributed by atoms with van der Waals surface area (Å²) in [5.74, 6) is -0.641. The summed E-state index contributed by atoms with van der Waals surface area (Å²) in [6.45, 7) is 1.42. The molecule has 1 amide bonds. The first-order chi connectivity index (χ1) is 11.9. The molecule has 0 spiro atoms. The number of sulfonamides is 1. The molecule has 1 fully saturated rings. The highest BCUT2D eigenvalue weighted by Gasteiger charge is 2.28. The van der Waals surface area contributed by atoms with E-state index < -0.39 is 15.9 Å². The number of benzene rings is 2. The van der Waals surface area contributed by atoms with Crippen molar-refractivity contribution in [1.82, 2.24) is 4.72 Å². The van der Waals surface area contributed by atoms with Crippen molar-refractivity contribution >= 4 is 27.4 Å². The molecular formula is C18H18N2O4S. The molecule has 0 unspecified atom stereocenters. The number of anilines is 1. The van der Waals surface area contributed by atoms with E-state index in [0.717, 1.165) is 12.8 Å². The molecule has 0 saturated heterocycles. The number of nitrogens with one attached hydrogen (secondary N) is 2. The van der Waals surface area contributed by atoms with E-state index in [2.05, 4.69) is 10.0 Å². The molecule has 25 heavy (non-hydrogen) atoms. The Morgan fingerprint density at radius 1 is 1.04 bits per heavy atom. The predicted molar refractivity (Wildman–Crippen MR) is 94.2 cm³/mol. The highest BCUT2D eigenvalue weighted by molar-refractivity contribution is 7.89. The average molecular weight is 358 g/mol. The van der Waals surface area contributed by atoms with Crippen LogP contribution in [0, 0.1) is 0 Å². The van der Waals surface area contributed by atoms with Crippen molar-refractivity contribution in [1.29, 1.82) is 0 Å². The summed E-state index contributed by atoms with van der Waals surface area (Å²) in [7, 11) is -3.63. The van der Waals surface area contributed by atoms with E-state index >= 15 is 0 Å². The van der Waals surface area contributed by atoms with Crippen LogP contribution in [0.2, 0.25) is 0 Å². The fraction of sp³-hybridized carbons (Fsp3) is 0.222. The standard InChI is InChI=1S/C18H18N2O4S/c1-12(21)16-7-2-3-8-17(16)19-18(22)13-5-4-6-15(11-13)25(23,24)20-14-9-10-14/h2-8,11,14,20H,9-10H2,1H3,(H,19,22). The molecule has 7 heteroatoms. The van der Waals surface area contributed by atoms with Crippen LogP contribution in [0.5, 0.6) is 0 Å². The Balaban J connectivity index is 1.84. The lowest BCUT2D eigenvalue weighted by Gasteiger charge is -2.10. The van der Waals surface area contributed by atoms with Gasteiger partial charge in [0.1, 0.15) is 0 Å².